The van der Waals surface area contributed by atoms with Gasteiger partial charge in [-0.05, 0) is 25.1 Å². The zero-order valence-electron chi connectivity index (χ0n) is 12.3. The number of hydrogen-bond donors (Lipinski definition) is 2. The van der Waals surface area contributed by atoms with E-state index in [0.717, 1.165) is 32.8 Å². The van der Waals surface area contributed by atoms with Crippen molar-refractivity contribution < 1.29 is 13.9 Å². The summed E-state index contributed by atoms with van der Waals surface area (Å²) in [6, 6.07) is 6.09. The summed E-state index contributed by atoms with van der Waals surface area (Å²) in [5.41, 5.74) is 0.475. The van der Waals surface area contributed by atoms with Crippen LogP contribution in [0.4, 0.5) is 10.1 Å². The first-order valence-electron chi connectivity index (χ1n) is 7.22. The highest BCUT2D eigenvalue weighted by Crippen LogP contribution is 2.08. The molecule has 21 heavy (non-hydrogen) atoms. The van der Waals surface area contributed by atoms with Crippen molar-refractivity contribution in [3.63, 3.8) is 0 Å². The lowest BCUT2D eigenvalue weighted by molar-refractivity contribution is -0.115. The second kappa shape index (κ2) is 8.07. The minimum absolute atomic E-state index is 0.172. The Bertz CT molecular complexity index is 464. The number of morpholine rings is 1. The van der Waals surface area contributed by atoms with Crippen LogP contribution >= 0.6 is 0 Å². The van der Waals surface area contributed by atoms with Gasteiger partial charge in [0.25, 0.3) is 0 Å². The van der Waals surface area contributed by atoms with Gasteiger partial charge >= 0.3 is 0 Å². The predicted molar refractivity (Wildman–Crippen MR) is 79.8 cm³/mol. The van der Waals surface area contributed by atoms with Gasteiger partial charge in [-0.2, -0.15) is 0 Å². The summed E-state index contributed by atoms with van der Waals surface area (Å²) in [7, 11) is 0. The number of ether oxygens (including phenoxy) is 1. The van der Waals surface area contributed by atoms with Gasteiger partial charge in [0.15, 0.2) is 0 Å². The lowest BCUT2D eigenvalue weighted by Crippen LogP contribution is -2.46. The van der Waals surface area contributed by atoms with Crippen LogP contribution in [0, 0.1) is 5.82 Å². The number of nitrogens with one attached hydrogen (secondary N) is 2. The first-order chi connectivity index (χ1) is 10.1. The summed E-state index contributed by atoms with van der Waals surface area (Å²) in [4.78, 5) is 14.1. The second-order valence-corrected chi connectivity index (χ2v) is 5.25. The summed E-state index contributed by atoms with van der Waals surface area (Å²) in [6.45, 7) is 6.55. The predicted octanol–water partition coefficient (Wildman–Crippen LogP) is 1.07. The normalized spacial score (nSPS) is 17.4. The molecule has 0 aliphatic carbocycles. The van der Waals surface area contributed by atoms with Crippen LogP contribution < -0.4 is 10.6 Å². The zero-order chi connectivity index (χ0) is 15.1. The van der Waals surface area contributed by atoms with E-state index in [4.69, 9.17) is 4.74 Å². The molecular weight excluding hydrogens is 273 g/mol. The summed E-state index contributed by atoms with van der Waals surface area (Å²) in [5.74, 6) is -0.532. The van der Waals surface area contributed by atoms with Gasteiger partial charge in [0.1, 0.15) is 5.82 Å². The maximum absolute atomic E-state index is 13.0. The Labute approximate surface area is 124 Å². The minimum atomic E-state index is -0.360. The number of amides is 1. The third-order valence-corrected chi connectivity index (χ3v) is 3.36. The maximum atomic E-state index is 13.0. The number of benzene rings is 1. The summed E-state index contributed by atoms with van der Waals surface area (Å²) in [5, 5.41) is 5.84. The molecule has 1 aromatic carbocycles. The molecule has 1 aliphatic heterocycles. The highest BCUT2D eigenvalue weighted by Gasteiger charge is 2.14. The largest absolute Gasteiger partial charge is 0.379 e. The molecule has 0 spiro atoms. The van der Waals surface area contributed by atoms with Crippen molar-refractivity contribution in [3.8, 4) is 0 Å². The first-order valence-corrected chi connectivity index (χ1v) is 7.22. The average molecular weight is 295 g/mol. The monoisotopic (exact) mass is 295 g/mol. The van der Waals surface area contributed by atoms with Crippen molar-refractivity contribution >= 4 is 11.6 Å². The Balaban J connectivity index is 1.68. The molecular formula is C15H22FN3O2. The molecule has 1 aromatic rings. The highest BCUT2D eigenvalue weighted by molar-refractivity contribution is 5.92. The molecule has 116 valence electrons. The molecule has 0 saturated carbocycles. The van der Waals surface area contributed by atoms with E-state index < -0.39 is 0 Å². The number of hydrogen-bond acceptors (Lipinski definition) is 4. The van der Waals surface area contributed by atoms with E-state index in [2.05, 4.69) is 15.5 Å². The minimum Gasteiger partial charge on any atom is -0.379 e. The Hall–Kier alpha value is -1.50. The van der Waals surface area contributed by atoms with Crippen LogP contribution in [0.5, 0.6) is 0 Å². The third kappa shape index (κ3) is 5.79. The van der Waals surface area contributed by atoms with Crippen molar-refractivity contribution in [2.45, 2.75) is 13.0 Å². The zero-order valence-corrected chi connectivity index (χ0v) is 12.3. The number of nitrogens with zero attached hydrogens (tertiary/aromatic N) is 1. The van der Waals surface area contributed by atoms with Gasteiger partial charge in [-0.3, -0.25) is 9.69 Å². The molecule has 1 unspecified atom stereocenters. The van der Waals surface area contributed by atoms with E-state index in [1.807, 2.05) is 6.92 Å². The van der Waals surface area contributed by atoms with E-state index in [1.165, 1.54) is 12.1 Å². The molecule has 1 atom stereocenters. The quantitative estimate of drug-likeness (QED) is 0.824. The Morgan fingerprint density at radius 2 is 2.19 bits per heavy atom. The van der Waals surface area contributed by atoms with Crippen molar-refractivity contribution in [2.24, 2.45) is 0 Å². The van der Waals surface area contributed by atoms with Crippen LogP contribution in [0.25, 0.3) is 0 Å². The molecule has 0 bridgehead atoms. The molecule has 2 N–H and O–H groups in total. The topological polar surface area (TPSA) is 53.6 Å². The van der Waals surface area contributed by atoms with Crippen molar-refractivity contribution in [1.82, 2.24) is 10.2 Å². The van der Waals surface area contributed by atoms with Crippen LogP contribution in [-0.2, 0) is 9.53 Å². The molecule has 5 nitrogen and oxygen atoms in total. The van der Waals surface area contributed by atoms with Crippen LogP contribution in [-0.4, -0.2) is 56.2 Å². The number of rotatable bonds is 6. The van der Waals surface area contributed by atoms with Gasteiger partial charge in [-0.25, -0.2) is 4.39 Å². The molecule has 1 heterocycles. The Morgan fingerprint density at radius 3 is 2.90 bits per heavy atom. The van der Waals surface area contributed by atoms with E-state index >= 15 is 0 Å². The molecule has 1 aliphatic rings. The van der Waals surface area contributed by atoms with Crippen molar-refractivity contribution in [3.05, 3.63) is 30.1 Å². The molecule has 1 amide bonds. The average Bonchev–Trinajstić information content (AvgIpc) is 2.46. The van der Waals surface area contributed by atoms with Gasteiger partial charge < -0.3 is 15.4 Å². The fourth-order valence-corrected chi connectivity index (χ4v) is 2.27. The molecule has 0 aromatic heterocycles. The smallest absolute Gasteiger partial charge is 0.238 e. The molecule has 2 rings (SSSR count). The standard InChI is InChI=1S/C15H22FN3O2/c1-12(11-19-5-7-21-8-6-19)17-10-15(20)18-14-4-2-3-13(16)9-14/h2-4,9,12,17H,5-8,10-11H2,1H3,(H,18,20). The molecule has 1 fully saturated rings. The van der Waals surface area contributed by atoms with Crippen molar-refractivity contribution in [2.75, 3.05) is 44.7 Å². The van der Waals surface area contributed by atoms with E-state index in [0.29, 0.717) is 5.69 Å². The third-order valence-electron chi connectivity index (χ3n) is 3.36. The lowest BCUT2D eigenvalue weighted by atomic mass is 10.2. The number of halogens is 1. The van der Waals surface area contributed by atoms with Gasteiger partial charge in [-0.1, -0.05) is 6.07 Å². The highest BCUT2D eigenvalue weighted by atomic mass is 19.1. The van der Waals surface area contributed by atoms with Crippen LogP contribution in [0.1, 0.15) is 6.92 Å². The van der Waals surface area contributed by atoms with Gasteiger partial charge in [0.2, 0.25) is 5.91 Å². The summed E-state index contributed by atoms with van der Waals surface area (Å²) < 4.78 is 18.3. The number of carbonyl (C=O) groups excluding carboxylic acids is 1. The Morgan fingerprint density at radius 1 is 1.43 bits per heavy atom. The first kappa shape index (κ1) is 15.9. The summed E-state index contributed by atoms with van der Waals surface area (Å²) >= 11 is 0. The second-order valence-electron chi connectivity index (χ2n) is 5.25. The number of anilines is 1. The number of carbonyl (C=O) groups is 1. The van der Waals surface area contributed by atoms with E-state index in [-0.39, 0.29) is 24.3 Å². The van der Waals surface area contributed by atoms with Crippen LogP contribution in [0.2, 0.25) is 0 Å². The molecule has 1 saturated heterocycles. The molecule has 6 heteroatoms. The van der Waals surface area contributed by atoms with Crippen LogP contribution in [0.15, 0.2) is 24.3 Å². The fourth-order valence-electron chi connectivity index (χ4n) is 2.27. The van der Waals surface area contributed by atoms with Crippen LogP contribution in [0.3, 0.4) is 0 Å². The maximum Gasteiger partial charge on any atom is 0.238 e. The summed E-state index contributed by atoms with van der Waals surface area (Å²) in [6.07, 6.45) is 0. The van der Waals surface area contributed by atoms with E-state index in [1.54, 1.807) is 12.1 Å². The lowest BCUT2D eigenvalue weighted by Gasteiger charge is -2.29. The Kier molecular flexibility index (Phi) is 6.10. The SMILES string of the molecule is CC(CN1CCOCC1)NCC(=O)Nc1cccc(F)c1. The fraction of sp³-hybridized carbons (Fsp3) is 0.533. The van der Waals surface area contributed by atoms with Gasteiger partial charge in [-0.15, -0.1) is 0 Å². The van der Waals surface area contributed by atoms with Gasteiger partial charge in [0.05, 0.1) is 19.8 Å². The molecule has 0 radical (unpaired) electrons. The van der Waals surface area contributed by atoms with Crippen molar-refractivity contribution in [1.29, 1.82) is 0 Å². The van der Waals surface area contributed by atoms with E-state index in [9.17, 15) is 9.18 Å². The van der Waals surface area contributed by atoms with Gasteiger partial charge in [0, 0.05) is 31.4 Å².